The maximum absolute atomic E-state index is 14.1. The van der Waals surface area contributed by atoms with Gasteiger partial charge in [-0.2, -0.15) is 0 Å². The third-order valence-electron chi connectivity index (χ3n) is 10.2. The van der Waals surface area contributed by atoms with Crippen molar-refractivity contribution in [2.24, 2.45) is 5.92 Å². The van der Waals surface area contributed by atoms with Crippen molar-refractivity contribution in [2.75, 3.05) is 26.7 Å². The van der Waals surface area contributed by atoms with Gasteiger partial charge >= 0.3 is 0 Å². The molecular formula is C41H44N8O7S. The number of fused-ring (bicyclic) bond motifs is 1. The number of aliphatic hydroxyl groups is 1. The molecule has 4 aromatic heterocycles. The quantitative estimate of drug-likeness (QED) is 0.115. The largest absolute Gasteiger partial charge is 0.507 e. The zero-order valence-electron chi connectivity index (χ0n) is 32.2. The summed E-state index contributed by atoms with van der Waals surface area (Å²) in [5.74, 6) is -1.56. The Balaban J connectivity index is 0.950. The third kappa shape index (κ3) is 8.37. The topological polar surface area (TPSA) is 200 Å². The van der Waals surface area contributed by atoms with Crippen LogP contribution in [0.3, 0.4) is 0 Å². The van der Waals surface area contributed by atoms with Crippen LogP contribution in [0.4, 0.5) is 0 Å². The van der Waals surface area contributed by atoms with Crippen LogP contribution < -0.4 is 10.1 Å². The fourth-order valence-corrected chi connectivity index (χ4v) is 7.88. The molecule has 2 aromatic carbocycles. The van der Waals surface area contributed by atoms with E-state index in [1.54, 1.807) is 60.8 Å². The number of hydrogen-bond donors (Lipinski definition) is 4. The third-order valence-corrected chi connectivity index (χ3v) is 11.2. The van der Waals surface area contributed by atoms with Crippen molar-refractivity contribution in [3.63, 3.8) is 0 Å². The van der Waals surface area contributed by atoms with Gasteiger partial charge in [0, 0.05) is 37.0 Å². The first-order valence-electron chi connectivity index (χ1n) is 18.7. The van der Waals surface area contributed by atoms with Gasteiger partial charge in [-0.05, 0) is 60.3 Å². The van der Waals surface area contributed by atoms with Crippen molar-refractivity contribution in [1.29, 1.82) is 0 Å². The zero-order valence-corrected chi connectivity index (χ0v) is 33.0. The number of phenols is 1. The number of aromatic nitrogens is 5. The van der Waals surface area contributed by atoms with Crippen LogP contribution in [0.25, 0.3) is 32.7 Å². The number of nitrogens with zero attached hydrogens (tertiary/aromatic N) is 6. The lowest BCUT2D eigenvalue weighted by molar-refractivity contribution is -0.141. The molecule has 3 amide bonds. The Kier molecular flexibility index (Phi) is 11.3. The summed E-state index contributed by atoms with van der Waals surface area (Å²) in [4.78, 5) is 52.3. The normalized spacial score (nSPS) is 16.5. The molecule has 1 aliphatic heterocycles. The van der Waals surface area contributed by atoms with Gasteiger partial charge in [-0.1, -0.05) is 50.2 Å². The standard InChI is InChI=1S/C41H44N8O7S/c1-22(2)36(41(54)49-20-28(50)18-32(49)39(52)43-23(3)25-10-12-26(13-11-25)37-24(4)42-21-57-37)34-19-35(47-56-34)55-15-14-48(5)40(53)31-17-27-16-30(45-46-38(27)44-31)29-8-6-7-9-33(29)51/h6-13,16-17,19,21-23,28,32,36,50-51H,14-15,18,20H2,1-5H3,(H,43,52)(H,44,46)/t23-,28+,32-,36+/m0/s1. The summed E-state index contributed by atoms with van der Waals surface area (Å²) >= 11 is 1.57. The molecule has 4 atom stereocenters. The highest BCUT2D eigenvalue weighted by molar-refractivity contribution is 7.13. The maximum atomic E-state index is 14.1. The summed E-state index contributed by atoms with van der Waals surface area (Å²) < 4.78 is 11.4. The van der Waals surface area contributed by atoms with Crippen LogP contribution in [-0.2, 0) is 9.59 Å². The van der Waals surface area contributed by atoms with Crippen molar-refractivity contribution in [2.45, 2.75) is 58.2 Å². The number of H-pyrrole nitrogens is 1. The molecule has 0 bridgehead atoms. The smallest absolute Gasteiger partial charge is 0.270 e. The fraction of sp³-hybridized carbons (Fsp3) is 0.341. The molecule has 57 heavy (non-hydrogen) atoms. The summed E-state index contributed by atoms with van der Waals surface area (Å²) in [5.41, 5.74) is 6.48. The summed E-state index contributed by atoms with van der Waals surface area (Å²) in [7, 11) is 1.64. The Morgan fingerprint density at radius 2 is 1.86 bits per heavy atom. The Morgan fingerprint density at radius 1 is 1.09 bits per heavy atom. The van der Waals surface area contributed by atoms with Gasteiger partial charge in [-0.3, -0.25) is 14.4 Å². The Hall–Kier alpha value is -6.13. The summed E-state index contributed by atoms with van der Waals surface area (Å²) in [6.45, 7) is 7.89. The van der Waals surface area contributed by atoms with E-state index < -0.39 is 18.1 Å². The maximum Gasteiger partial charge on any atom is 0.270 e. The first kappa shape index (κ1) is 39.1. The Bertz CT molecular complexity index is 2390. The van der Waals surface area contributed by atoms with Crippen molar-refractivity contribution in [3.8, 4) is 33.3 Å². The van der Waals surface area contributed by atoms with Crippen molar-refractivity contribution >= 4 is 40.1 Å². The minimum atomic E-state index is -0.870. The van der Waals surface area contributed by atoms with Crippen LogP contribution in [0.1, 0.15) is 66.7 Å². The number of benzene rings is 2. The van der Waals surface area contributed by atoms with Gasteiger partial charge in [-0.25, -0.2) is 4.98 Å². The van der Waals surface area contributed by atoms with Gasteiger partial charge in [0.25, 0.3) is 11.8 Å². The van der Waals surface area contributed by atoms with Crippen LogP contribution in [0.5, 0.6) is 11.6 Å². The Labute approximate surface area is 332 Å². The van der Waals surface area contributed by atoms with Gasteiger partial charge in [-0.15, -0.1) is 21.5 Å². The van der Waals surface area contributed by atoms with E-state index in [1.165, 1.54) is 9.80 Å². The van der Waals surface area contributed by atoms with Crippen LogP contribution in [0, 0.1) is 12.8 Å². The molecule has 1 saturated heterocycles. The molecule has 296 valence electrons. The number of carbonyl (C=O) groups excluding carboxylic acids is 3. The number of likely N-dealkylation sites (tertiary alicyclic amines) is 1. The molecule has 6 aromatic rings. The first-order valence-corrected chi connectivity index (χ1v) is 19.5. The van der Waals surface area contributed by atoms with Crippen LogP contribution in [-0.4, -0.2) is 102 Å². The number of phenolic OH excluding ortho intramolecular Hbond substituents is 1. The average molecular weight is 793 g/mol. The zero-order chi connectivity index (χ0) is 40.4. The Morgan fingerprint density at radius 3 is 2.58 bits per heavy atom. The number of β-amino-alcohol motifs (C(OH)–C–C–N with tert-alkyl or cyclic N) is 1. The van der Waals surface area contributed by atoms with E-state index in [9.17, 15) is 24.6 Å². The predicted molar refractivity (Wildman–Crippen MR) is 212 cm³/mol. The van der Waals surface area contributed by atoms with E-state index in [0.717, 1.165) is 21.7 Å². The molecule has 4 N–H and O–H groups in total. The molecular weight excluding hydrogens is 749 g/mol. The molecule has 0 aliphatic carbocycles. The van der Waals surface area contributed by atoms with Crippen LogP contribution in [0.15, 0.2) is 76.8 Å². The van der Waals surface area contributed by atoms with Crippen LogP contribution >= 0.6 is 11.3 Å². The van der Waals surface area contributed by atoms with Crippen molar-refractivity contribution < 1.29 is 33.9 Å². The van der Waals surface area contributed by atoms with Gasteiger partial charge in [0.1, 0.15) is 30.0 Å². The number of hydrogen-bond acceptors (Lipinski definition) is 12. The first-order chi connectivity index (χ1) is 27.4. The molecule has 0 radical (unpaired) electrons. The molecule has 0 saturated carbocycles. The van der Waals surface area contributed by atoms with E-state index in [4.69, 9.17) is 9.26 Å². The number of carbonyl (C=O) groups is 3. The van der Waals surface area contributed by atoms with Gasteiger partial charge in [0.15, 0.2) is 11.4 Å². The highest BCUT2D eigenvalue weighted by Crippen LogP contribution is 2.34. The van der Waals surface area contributed by atoms with E-state index in [2.05, 4.69) is 30.6 Å². The highest BCUT2D eigenvalue weighted by atomic mass is 32.1. The number of rotatable bonds is 13. The molecule has 5 heterocycles. The minimum absolute atomic E-state index is 0.00992. The lowest BCUT2D eigenvalue weighted by Crippen LogP contribution is -2.48. The van der Waals surface area contributed by atoms with Gasteiger partial charge in [0.2, 0.25) is 11.8 Å². The number of likely N-dealkylation sites (N-methyl/N-ethyl adjacent to an activating group) is 1. The summed E-state index contributed by atoms with van der Waals surface area (Å²) in [6, 6.07) is 18.5. The van der Waals surface area contributed by atoms with Gasteiger partial charge in [0.05, 0.1) is 40.5 Å². The van der Waals surface area contributed by atoms with E-state index >= 15 is 0 Å². The number of nitrogens with one attached hydrogen (secondary N) is 2. The second kappa shape index (κ2) is 16.5. The van der Waals surface area contributed by atoms with Crippen molar-refractivity contribution in [3.05, 3.63) is 95.0 Å². The van der Waals surface area contributed by atoms with E-state index in [1.807, 2.05) is 57.5 Å². The number of aryl methyl sites for hydroxylation is 1. The number of para-hydroxylation sites is 1. The fourth-order valence-electron chi connectivity index (χ4n) is 7.07. The highest BCUT2D eigenvalue weighted by Gasteiger charge is 2.43. The molecule has 16 heteroatoms. The SMILES string of the molecule is Cc1ncsc1-c1ccc([C@H](C)NC(=O)[C@@H]2C[C@@H](O)CN2C(=O)[C@@H](c2cc(OCCN(C)C(=O)c3cc4cc(-c5ccccc5O)nnc4[nH]3)no2)C(C)C)cc1. The summed E-state index contributed by atoms with van der Waals surface area (Å²) in [6.07, 6.45) is -0.748. The second-order valence-corrected chi connectivity index (χ2v) is 15.5. The molecule has 0 spiro atoms. The lowest BCUT2D eigenvalue weighted by atomic mass is 9.91. The van der Waals surface area contributed by atoms with E-state index in [0.29, 0.717) is 28.0 Å². The lowest BCUT2D eigenvalue weighted by Gasteiger charge is -2.29. The number of aliphatic hydroxyl groups excluding tert-OH is 1. The van der Waals surface area contributed by atoms with Crippen LogP contribution in [0.2, 0.25) is 0 Å². The number of thiazole rings is 1. The minimum Gasteiger partial charge on any atom is -0.507 e. The second-order valence-electron chi connectivity index (χ2n) is 14.6. The van der Waals surface area contributed by atoms with Crippen molar-refractivity contribution in [1.82, 2.24) is 40.4 Å². The molecule has 0 unspecified atom stereocenters. The molecule has 7 rings (SSSR count). The number of amides is 3. The van der Waals surface area contributed by atoms with Gasteiger partial charge < -0.3 is 39.6 Å². The molecule has 1 aliphatic rings. The number of ether oxygens (including phenoxy) is 1. The predicted octanol–water partition coefficient (Wildman–Crippen LogP) is 5.48. The molecule has 15 nitrogen and oxygen atoms in total. The number of aromatic hydroxyl groups is 1. The van der Waals surface area contributed by atoms with E-state index in [-0.39, 0.29) is 73.2 Å². The number of aromatic amines is 1. The monoisotopic (exact) mass is 792 g/mol. The average Bonchev–Trinajstić information content (AvgIpc) is 4.01. The summed E-state index contributed by atoms with van der Waals surface area (Å²) in [5, 5.41) is 36.9. The molecule has 1 fully saturated rings.